The van der Waals surface area contributed by atoms with Crippen LogP contribution in [-0.2, 0) is 9.47 Å². The molecule has 1 aromatic carbocycles. The molecule has 0 radical (unpaired) electrons. The van der Waals surface area contributed by atoms with Crippen molar-refractivity contribution in [3.8, 4) is 5.75 Å². The fourth-order valence-corrected chi connectivity index (χ4v) is 2.98. The average molecular weight is 451 g/mol. The van der Waals surface area contributed by atoms with Crippen LogP contribution in [0, 0.1) is 0 Å². The molecule has 2 saturated heterocycles. The molecule has 31 heavy (non-hydrogen) atoms. The predicted octanol–water partition coefficient (Wildman–Crippen LogP) is -4.77. The summed E-state index contributed by atoms with van der Waals surface area (Å²) >= 11 is 0. The van der Waals surface area contributed by atoms with E-state index in [1.165, 1.54) is 0 Å². The van der Waals surface area contributed by atoms with Crippen molar-refractivity contribution in [1.29, 1.82) is 0 Å². The first-order valence-electron chi connectivity index (χ1n) is 9.42. The molecule has 0 saturated carbocycles. The van der Waals surface area contributed by atoms with Gasteiger partial charge in [-0.05, 0) is 24.3 Å². The summed E-state index contributed by atoms with van der Waals surface area (Å²) in [5.74, 6) is 0.371. The molecule has 11 N–H and O–H groups in total. The minimum atomic E-state index is -1.57. The van der Waals surface area contributed by atoms with Gasteiger partial charge in [0, 0.05) is 5.69 Å². The third-order valence-electron chi connectivity index (χ3n) is 4.86. The summed E-state index contributed by atoms with van der Waals surface area (Å²) in [5.41, 5.74) is 6.08. The standard InChI is InChI=1S/C12H17NO6.C6H12O6/c13-6-1-3-7(4-2-6)18-11-10(16)9(15)8(5-14)19-12(11)17;7-1-2-3(8)4(9)5(10)6(11)12-2/h1-4,8-12,14-17H,5,13H2;2-11H,1H2/t8-,9-,10+,11+,12+;2-,3-,4+,5+,6+/m11/s1. The number of hydrogen-bond acceptors (Lipinski definition) is 13. The lowest BCUT2D eigenvalue weighted by molar-refractivity contribution is -0.286. The number of nitrogens with two attached hydrogens (primary N) is 1. The molecule has 10 atom stereocenters. The van der Waals surface area contributed by atoms with Crippen LogP contribution in [0.3, 0.4) is 0 Å². The van der Waals surface area contributed by atoms with Crippen LogP contribution >= 0.6 is 0 Å². The summed E-state index contributed by atoms with van der Waals surface area (Å²) in [4.78, 5) is 0. The van der Waals surface area contributed by atoms with E-state index < -0.39 is 74.6 Å². The van der Waals surface area contributed by atoms with Gasteiger partial charge in [-0.2, -0.15) is 0 Å². The van der Waals surface area contributed by atoms with Gasteiger partial charge in [-0.15, -0.1) is 0 Å². The van der Waals surface area contributed by atoms with E-state index in [1.54, 1.807) is 24.3 Å². The van der Waals surface area contributed by atoms with E-state index in [4.69, 9.17) is 45.8 Å². The molecule has 2 fully saturated rings. The molecule has 0 amide bonds. The van der Waals surface area contributed by atoms with E-state index in [-0.39, 0.29) is 0 Å². The van der Waals surface area contributed by atoms with Crippen LogP contribution in [0.5, 0.6) is 5.75 Å². The van der Waals surface area contributed by atoms with Crippen molar-refractivity contribution >= 4 is 5.69 Å². The SMILES string of the molecule is Nc1ccc(O[C@H]2[C@@H](O)[C@H](O)[C@@H](CO)O[C@@H]2O)cc1.OC[C@H]1O[C@H](O)[C@@H](O)[C@@H](O)[C@@H]1O. The molecular weight excluding hydrogens is 422 g/mol. The van der Waals surface area contributed by atoms with Gasteiger partial charge >= 0.3 is 0 Å². The normalized spacial score (nSPS) is 40.5. The number of rotatable bonds is 4. The first kappa shape index (κ1) is 25.6. The summed E-state index contributed by atoms with van der Waals surface area (Å²) in [6.45, 7) is -1.04. The third-order valence-corrected chi connectivity index (χ3v) is 4.86. The first-order chi connectivity index (χ1) is 14.6. The quantitative estimate of drug-likeness (QED) is 0.194. The number of aliphatic hydroxyl groups excluding tert-OH is 9. The molecule has 0 unspecified atom stereocenters. The lowest BCUT2D eigenvalue weighted by atomic mass is 9.99. The lowest BCUT2D eigenvalue weighted by Gasteiger charge is -2.39. The summed E-state index contributed by atoms with van der Waals surface area (Å²) in [6.07, 6.45) is -13.4. The number of benzene rings is 1. The van der Waals surface area contributed by atoms with Gasteiger partial charge in [0.25, 0.3) is 0 Å². The molecule has 1 aromatic rings. The fourth-order valence-electron chi connectivity index (χ4n) is 2.98. The highest BCUT2D eigenvalue weighted by Gasteiger charge is 2.45. The fraction of sp³-hybridized carbons (Fsp3) is 0.667. The van der Waals surface area contributed by atoms with Gasteiger partial charge in [-0.3, -0.25) is 0 Å². The Morgan fingerprint density at radius 3 is 1.68 bits per heavy atom. The van der Waals surface area contributed by atoms with Crippen LogP contribution in [0.1, 0.15) is 0 Å². The van der Waals surface area contributed by atoms with E-state index in [0.29, 0.717) is 11.4 Å². The van der Waals surface area contributed by atoms with Gasteiger partial charge in [0.2, 0.25) is 0 Å². The molecule has 0 aromatic heterocycles. The molecule has 2 heterocycles. The number of aliphatic hydroxyl groups is 9. The Kier molecular flexibility index (Phi) is 9.35. The molecule has 178 valence electrons. The number of ether oxygens (including phenoxy) is 3. The maximum atomic E-state index is 9.87. The van der Waals surface area contributed by atoms with Gasteiger partial charge in [-0.25, -0.2) is 0 Å². The number of hydrogen-bond donors (Lipinski definition) is 10. The van der Waals surface area contributed by atoms with Crippen molar-refractivity contribution in [3.05, 3.63) is 24.3 Å². The van der Waals surface area contributed by atoms with E-state index in [0.717, 1.165) is 0 Å². The number of anilines is 1. The van der Waals surface area contributed by atoms with Gasteiger partial charge < -0.3 is 65.9 Å². The van der Waals surface area contributed by atoms with E-state index in [9.17, 15) is 15.3 Å². The molecule has 0 bridgehead atoms. The van der Waals surface area contributed by atoms with Gasteiger partial charge in [0.15, 0.2) is 18.7 Å². The molecule has 0 spiro atoms. The first-order valence-corrected chi connectivity index (χ1v) is 9.42. The number of nitrogen functional groups attached to an aromatic ring is 1. The molecule has 2 aliphatic rings. The Hall–Kier alpha value is -1.62. The third kappa shape index (κ3) is 6.21. The molecule has 3 rings (SSSR count). The highest BCUT2D eigenvalue weighted by molar-refractivity contribution is 5.41. The van der Waals surface area contributed by atoms with Crippen LogP contribution in [0.4, 0.5) is 5.69 Å². The summed E-state index contributed by atoms with van der Waals surface area (Å²) < 4.78 is 14.9. The molecule has 0 aliphatic carbocycles. The Balaban J connectivity index is 0.000000245. The van der Waals surface area contributed by atoms with E-state index in [2.05, 4.69) is 4.74 Å². The van der Waals surface area contributed by atoms with Crippen molar-refractivity contribution in [3.63, 3.8) is 0 Å². The zero-order valence-corrected chi connectivity index (χ0v) is 16.3. The van der Waals surface area contributed by atoms with Crippen LogP contribution < -0.4 is 10.5 Å². The zero-order valence-electron chi connectivity index (χ0n) is 16.3. The van der Waals surface area contributed by atoms with Crippen molar-refractivity contribution in [2.75, 3.05) is 18.9 Å². The van der Waals surface area contributed by atoms with Gasteiger partial charge in [0.05, 0.1) is 13.2 Å². The summed E-state index contributed by atoms with van der Waals surface area (Å²) in [5, 5.41) is 82.9. The van der Waals surface area contributed by atoms with Crippen molar-refractivity contribution in [1.82, 2.24) is 0 Å². The predicted molar refractivity (Wildman–Crippen MR) is 101 cm³/mol. The maximum Gasteiger partial charge on any atom is 0.195 e. The van der Waals surface area contributed by atoms with Gasteiger partial charge in [-0.1, -0.05) is 0 Å². The molecule has 13 heteroatoms. The zero-order chi connectivity index (χ0) is 23.3. The Morgan fingerprint density at radius 1 is 0.677 bits per heavy atom. The molecule has 2 aliphatic heterocycles. The highest BCUT2D eigenvalue weighted by atomic mass is 16.7. The van der Waals surface area contributed by atoms with Crippen LogP contribution in [0.2, 0.25) is 0 Å². The Bertz CT molecular complexity index is 659. The average Bonchev–Trinajstić information content (AvgIpc) is 2.76. The second kappa shape index (κ2) is 11.3. The molecule has 13 nitrogen and oxygen atoms in total. The summed E-state index contributed by atoms with van der Waals surface area (Å²) in [6, 6.07) is 6.34. The van der Waals surface area contributed by atoms with Crippen LogP contribution in [0.25, 0.3) is 0 Å². The van der Waals surface area contributed by atoms with Crippen molar-refractivity contribution in [2.45, 2.75) is 61.4 Å². The van der Waals surface area contributed by atoms with Crippen molar-refractivity contribution in [2.24, 2.45) is 0 Å². The van der Waals surface area contributed by atoms with E-state index >= 15 is 0 Å². The largest absolute Gasteiger partial charge is 0.482 e. The second-order valence-electron chi connectivity index (χ2n) is 7.10. The van der Waals surface area contributed by atoms with Crippen LogP contribution in [-0.4, -0.2) is 121 Å². The van der Waals surface area contributed by atoms with E-state index in [1.807, 2.05) is 0 Å². The lowest BCUT2D eigenvalue weighted by Crippen LogP contribution is -2.60. The Labute approximate surface area is 177 Å². The monoisotopic (exact) mass is 451 g/mol. The maximum absolute atomic E-state index is 9.87. The minimum Gasteiger partial charge on any atom is -0.482 e. The highest BCUT2D eigenvalue weighted by Crippen LogP contribution is 2.25. The molecular formula is C18H29NO12. The minimum absolute atomic E-state index is 0.371. The topological polar surface area (TPSA) is 236 Å². The summed E-state index contributed by atoms with van der Waals surface area (Å²) in [7, 11) is 0. The van der Waals surface area contributed by atoms with Crippen molar-refractivity contribution < 1.29 is 60.2 Å². The van der Waals surface area contributed by atoms with Gasteiger partial charge in [0.1, 0.15) is 48.5 Å². The Morgan fingerprint density at radius 2 is 1.16 bits per heavy atom. The smallest absolute Gasteiger partial charge is 0.195 e. The van der Waals surface area contributed by atoms with Crippen LogP contribution in [0.15, 0.2) is 24.3 Å². The second-order valence-corrected chi connectivity index (χ2v) is 7.10.